The Morgan fingerprint density at radius 2 is 1.43 bits per heavy atom. The number of hydrogen-bond acceptors (Lipinski definition) is 9. The van der Waals surface area contributed by atoms with Crippen molar-refractivity contribution >= 4 is 29.8 Å². The van der Waals surface area contributed by atoms with Crippen LogP contribution in [0.5, 0.6) is 0 Å². The third-order valence-electron chi connectivity index (χ3n) is 1.61. The van der Waals surface area contributed by atoms with Gasteiger partial charge in [0.1, 0.15) is 12.4 Å². The monoisotopic (exact) mass is 374 g/mol. The zero-order chi connectivity index (χ0) is 16.9. The van der Waals surface area contributed by atoms with Crippen LogP contribution in [0.3, 0.4) is 0 Å². The van der Waals surface area contributed by atoms with Gasteiger partial charge in [0.2, 0.25) is 0 Å². The third-order valence-corrected chi connectivity index (χ3v) is 5.41. The van der Waals surface area contributed by atoms with Crippen molar-refractivity contribution in [3.8, 4) is 0 Å². The first kappa shape index (κ1) is 21.0. The molecule has 0 saturated carbocycles. The second kappa shape index (κ2) is 8.02. The number of hydrogen-bond donors (Lipinski definition) is 6. The Kier molecular flexibility index (Phi) is 8.02. The van der Waals surface area contributed by atoms with Crippen molar-refractivity contribution in [2.45, 2.75) is 18.6 Å². The number of aldehydes is 1. The highest BCUT2D eigenvalue weighted by Gasteiger charge is 2.41. The fraction of sp³-hybridized carbons (Fsp3) is 0.800. The standard InChI is InChI=1S/C5H13O13P3/c6-2-1-4(7)5(8)3-16-20(12,13)18-21(14,15)17-19(9,10)11/h2,4-5,7-8H,1,3H2,(H,12,13)(H,14,15)(H2,9,10,11)/t4-,5+/m0/s1. The van der Waals surface area contributed by atoms with Gasteiger partial charge in [0, 0.05) is 6.42 Å². The molecule has 0 rings (SSSR count). The van der Waals surface area contributed by atoms with Crippen molar-refractivity contribution in [1.29, 1.82) is 0 Å². The molecule has 0 fully saturated rings. The van der Waals surface area contributed by atoms with Crippen molar-refractivity contribution in [2.24, 2.45) is 0 Å². The average Bonchev–Trinajstić information content (AvgIpc) is 2.21. The van der Waals surface area contributed by atoms with E-state index in [4.69, 9.17) is 24.7 Å². The summed E-state index contributed by atoms with van der Waals surface area (Å²) < 4.78 is 43.2. The minimum atomic E-state index is -5.63. The lowest BCUT2D eigenvalue weighted by Crippen LogP contribution is -2.30. The summed E-state index contributed by atoms with van der Waals surface area (Å²) in [6.45, 7) is -1.08. The van der Waals surface area contributed by atoms with Crippen LogP contribution in [0.25, 0.3) is 0 Å². The largest absolute Gasteiger partial charge is 0.490 e. The first-order chi connectivity index (χ1) is 9.28. The summed E-state index contributed by atoms with van der Waals surface area (Å²) in [5, 5.41) is 18.3. The van der Waals surface area contributed by atoms with Crippen LogP contribution in [-0.2, 0) is 31.6 Å². The first-order valence-corrected chi connectivity index (χ1v) is 9.38. The molecule has 0 bridgehead atoms. The summed E-state index contributed by atoms with van der Waals surface area (Å²) in [6.07, 6.45) is -3.70. The van der Waals surface area contributed by atoms with E-state index < -0.39 is 48.7 Å². The summed E-state index contributed by atoms with van der Waals surface area (Å²) in [6, 6.07) is 0. The molecule has 0 saturated heterocycles. The van der Waals surface area contributed by atoms with Crippen molar-refractivity contribution in [3.05, 3.63) is 0 Å². The van der Waals surface area contributed by atoms with Crippen molar-refractivity contribution in [3.63, 3.8) is 0 Å². The van der Waals surface area contributed by atoms with Gasteiger partial charge in [-0.25, -0.2) is 13.7 Å². The molecule has 6 N–H and O–H groups in total. The Hall–Kier alpha value is 0.0000000000000000139. The van der Waals surface area contributed by atoms with Crippen LogP contribution in [0, 0.1) is 0 Å². The highest BCUT2D eigenvalue weighted by Crippen LogP contribution is 2.66. The molecule has 0 aliphatic carbocycles. The average molecular weight is 374 g/mol. The Labute approximate surface area is 117 Å². The van der Waals surface area contributed by atoms with Gasteiger partial charge < -0.3 is 34.6 Å². The van der Waals surface area contributed by atoms with Gasteiger partial charge in [-0.3, -0.25) is 4.52 Å². The lowest BCUT2D eigenvalue weighted by atomic mass is 10.2. The van der Waals surface area contributed by atoms with Crippen LogP contribution in [0.4, 0.5) is 0 Å². The highest BCUT2D eigenvalue weighted by molar-refractivity contribution is 7.66. The van der Waals surface area contributed by atoms with Gasteiger partial charge in [0.25, 0.3) is 0 Å². The minimum absolute atomic E-state index is 0.249. The lowest BCUT2D eigenvalue weighted by molar-refractivity contribution is -0.111. The van der Waals surface area contributed by atoms with E-state index in [0.29, 0.717) is 0 Å². The molecule has 126 valence electrons. The van der Waals surface area contributed by atoms with Crippen LogP contribution in [0.15, 0.2) is 0 Å². The number of phosphoric ester groups is 1. The smallest absolute Gasteiger partial charge is 0.390 e. The number of aliphatic hydroxyl groups is 2. The molecule has 21 heavy (non-hydrogen) atoms. The summed E-state index contributed by atoms with van der Waals surface area (Å²) in [4.78, 5) is 44.3. The van der Waals surface area contributed by atoms with Gasteiger partial charge in [0.15, 0.2) is 0 Å². The van der Waals surface area contributed by atoms with E-state index in [0.717, 1.165) is 0 Å². The van der Waals surface area contributed by atoms with Crippen molar-refractivity contribution < 1.29 is 61.4 Å². The molecular weight excluding hydrogens is 361 g/mol. The van der Waals surface area contributed by atoms with E-state index in [1.54, 1.807) is 0 Å². The van der Waals surface area contributed by atoms with Crippen LogP contribution in [-0.4, -0.2) is 54.9 Å². The number of aliphatic hydroxyl groups excluding tert-OH is 2. The molecule has 0 spiro atoms. The minimum Gasteiger partial charge on any atom is -0.390 e. The predicted octanol–water partition coefficient (Wildman–Crippen LogP) is -1.36. The number of rotatable bonds is 10. The normalized spacial score (nSPS) is 21.0. The second-order valence-corrected chi connectivity index (χ2v) is 7.84. The maximum absolute atomic E-state index is 11.2. The van der Waals surface area contributed by atoms with Crippen LogP contribution in [0.2, 0.25) is 0 Å². The van der Waals surface area contributed by atoms with Gasteiger partial charge in [-0.2, -0.15) is 8.62 Å². The molecule has 0 aliphatic heterocycles. The molecule has 0 amide bonds. The van der Waals surface area contributed by atoms with Crippen molar-refractivity contribution in [1.82, 2.24) is 0 Å². The molecule has 0 aromatic rings. The quantitative estimate of drug-likeness (QED) is 0.192. The first-order valence-electron chi connectivity index (χ1n) is 4.86. The van der Waals surface area contributed by atoms with E-state index in [2.05, 4.69) is 13.1 Å². The number of phosphoric acid groups is 3. The van der Waals surface area contributed by atoms with E-state index in [-0.39, 0.29) is 6.29 Å². The molecule has 13 nitrogen and oxygen atoms in total. The van der Waals surface area contributed by atoms with Gasteiger partial charge in [-0.1, -0.05) is 0 Å². The summed E-state index contributed by atoms with van der Waals surface area (Å²) in [5.74, 6) is 0. The Bertz CT molecular complexity index is 482. The number of carbonyl (C=O) groups is 1. The molecule has 16 heteroatoms. The fourth-order valence-electron chi connectivity index (χ4n) is 0.841. The van der Waals surface area contributed by atoms with Crippen LogP contribution < -0.4 is 0 Å². The molecule has 0 aromatic heterocycles. The Balaban J connectivity index is 4.57. The molecular formula is C5H13O13P3. The van der Waals surface area contributed by atoms with Crippen LogP contribution >= 0.6 is 23.5 Å². The summed E-state index contributed by atoms with van der Waals surface area (Å²) in [5.41, 5.74) is 0. The summed E-state index contributed by atoms with van der Waals surface area (Å²) in [7, 11) is -16.5. The highest BCUT2D eigenvalue weighted by atomic mass is 31.3. The maximum Gasteiger partial charge on any atom is 0.490 e. The van der Waals surface area contributed by atoms with E-state index in [1.165, 1.54) is 0 Å². The Morgan fingerprint density at radius 1 is 0.905 bits per heavy atom. The van der Waals surface area contributed by atoms with Gasteiger partial charge in [-0.15, -0.1) is 0 Å². The molecule has 0 aromatic carbocycles. The molecule has 0 heterocycles. The Morgan fingerprint density at radius 3 is 1.86 bits per heavy atom. The second-order valence-electron chi connectivity index (χ2n) is 3.42. The molecule has 0 aliphatic rings. The van der Waals surface area contributed by atoms with E-state index in [1.807, 2.05) is 0 Å². The molecule has 0 radical (unpaired) electrons. The SMILES string of the molecule is O=CC[C@H](O)[C@H](O)COP(=O)(O)OP(=O)(O)OP(=O)(O)O. The topological polar surface area (TPSA) is 217 Å². The fourth-order valence-corrected chi connectivity index (χ4v) is 3.88. The van der Waals surface area contributed by atoms with Gasteiger partial charge in [-0.05, 0) is 0 Å². The van der Waals surface area contributed by atoms with Crippen LogP contribution in [0.1, 0.15) is 6.42 Å². The molecule has 2 unspecified atom stereocenters. The predicted molar refractivity (Wildman–Crippen MR) is 62.5 cm³/mol. The zero-order valence-electron chi connectivity index (χ0n) is 10.0. The van der Waals surface area contributed by atoms with Gasteiger partial charge >= 0.3 is 23.5 Å². The zero-order valence-corrected chi connectivity index (χ0v) is 12.7. The van der Waals surface area contributed by atoms with Crippen molar-refractivity contribution in [2.75, 3.05) is 6.61 Å². The summed E-state index contributed by atoms with van der Waals surface area (Å²) >= 11 is 0. The molecule has 4 atom stereocenters. The van der Waals surface area contributed by atoms with Gasteiger partial charge in [0.05, 0.1) is 12.7 Å². The third kappa shape index (κ3) is 10.4. The van der Waals surface area contributed by atoms with E-state index in [9.17, 15) is 23.6 Å². The number of carbonyl (C=O) groups excluding carboxylic acids is 1. The van der Waals surface area contributed by atoms with E-state index >= 15 is 0 Å². The lowest BCUT2D eigenvalue weighted by Gasteiger charge is -2.19. The maximum atomic E-state index is 11.2.